The zero-order valence-electron chi connectivity index (χ0n) is 14.1. The molecule has 24 heavy (non-hydrogen) atoms. The zero-order chi connectivity index (χ0) is 17.6. The van der Waals surface area contributed by atoms with Crippen molar-refractivity contribution in [3.8, 4) is 0 Å². The Morgan fingerprint density at radius 3 is 2.92 bits per heavy atom. The summed E-state index contributed by atoms with van der Waals surface area (Å²) in [4.78, 5) is 22.6. The third kappa shape index (κ3) is 4.88. The first-order valence-electron chi connectivity index (χ1n) is 8.04. The smallest absolute Gasteiger partial charge is 0.272 e. The van der Waals surface area contributed by atoms with Crippen LogP contribution in [-0.2, 0) is 14.6 Å². The van der Waals surface area contributed by atoms with Gasteiger partial charge in [0.2, 0.25) is 5.95 Å². The van der Waals surface area contributed by atoms with Crippen LogP contribution in [0.25, 0.3) is 0 Å². The lowest BCUT2D eigenvalue weighted by Gasteiger charge is -2.26. The Labute approximate surface area is 142 Å². The van der Waals surface area contributed by atoms with E-state index in [-0.39, 0.29) is 29.1 Å². The Morgan fingerprint density at radius 1 is 1.50 bits per heavy atom. The van der Waals surface area contributed by atoms with Gasteiger partial charge in [-0.25, -0.2) is 18.4 Å². The second-order valence-corrected chi connectivity index (χ2v) is 7.92. The lowest BCUT2D eigenvalue weighted by molar-refractivity contribution is 0.0702. The lowest BCUT2D eigenvalue weighted by Crippen LogP contribution is -2.41. The molecule has 0 radical (unpaired) electrons. The SMILES string of the molecule is CCN(C(=O)c1ccnc(NCCCOC)n1)C1CCS(=O)(=O)C1. The summed E-state index contributed by atoms with van der Waals surface area (Å²) in [7, 11) is -1.41. The molecule has 1 atom stereocenters. The molecular weight excluding hydrogens is 332 g/mol. The maximum absolute atomic E-state index is 12.7. The van der Waals surface area contributed by atoms with Crippen LogP contribution in [0.4, 0.5) is 5.95 Å². The number of carbonyl (C=O) groups is 1. The number of sulfone groups is 1. The maximum atomic E-state index is 12.7. The molecule has 1 N–H and O–H groups in total. The Bertz CT molecular complexity index is 665. The number of carbonyl (C=O) groups excluding carboxylic acids is 1. The number of ether oxygens (including phenoxy) is 1. The number of anilines is 1. The quantitative estimate of drug-likeness (QED) is 0.680. The standard InChI is InChI=1S/C15H24N4O4S/c1-3-19(12-6-10-24(21,22)11-12)14(20)13-5-8-17-15(18-13)16-7-4-9-23-2/h5,8,12H,3-4,6-7,9-11H2,1-2H3,(H,16,17,18). The number of nitrogens with one attached hydrogen (secondary N) is 1. The second kappa shape index (κ2) is 8.39. The number of methoxy groups -OCH3 is 1. The fraction of sp³-hybridized carbons (Fsp3) is 0.667. The number of hydrogen-bond acceptors (Lipinski definition) is 7. The van der Waals surface area contributed by atoms with Crippen LogP contribution in [0.2, 0.25) is 0 Å². The molecule has 8 nitrogen and oxygen atoms in total. The van der Waals surface area contributed by atoms with Crippen molar-refractivity contribution in [1.82, 2.24) is 14.9 Å². The molecule has 1 aromatic rings. The predicted octanol–water partition coefficient (Wildman–Crippen LogP) is 0.574. The van der Waals surface area contributed by atoms with Gasteiger partial charge in [-0.05, 0) is 25.8 Å². The predicted molar refractivity (Wildman–Crippen MR) is 90.8 cm³/mol. The van der Waals surface area contributed by atoms with Crippen molar-refractivity contribution in [2.75, 3.05) is 43.6 Å². The summed E-state index contributed by atoms with van der Waals surface area (Å²) < 4.78 is 28.3. The van der Waals surface area contributed by atoms with Crippen LogP contribution in [0.1, 0.15) is 30.3 Å². The van der Waals surface area contributed by atoms with Gasteiger partial charge in [-0.15, -0.1) is 0 Å². The maximum Gasteiger partial charge on any atom is 0.272 e. The van der Waals surface area contributed by atoms with Gasteiger partial charge in [-0.3, -0.25) is 4.79 Å². The molecule has 1 aromatic heterocycles. The van der Waals surface area contributed by atoms with Crippen molar-refractivity contribution in [2.45, 2.75) is 25.8 Å². The van der Waals surface area contributed by atoms with Gasteiger partial charge in [0.15, 0.2) is 9.84 Å². The van der Waals surface area contributed by atoms with Crippen molar-refractivity contribution in [3.05, 3.63) is 18.0 Å². The highest BCUT2D eigenvalue weighted by Crippen LogP contribution is 2.19. The van der Waals surface area contributed by atoms with Gasteiger partial charge in [0.1, 0.15) is 5.69 Å². The van der Waals surface area contributed by atoms with Crippen LogP contribution in [0.15, 0.2) is 12.3 Å². The highest BCUT2D eigenvalue weighted by atomic mass is 32.2. The molecule has 0 spiro atoms. The first-order valence-corrected chi connectivity index (χ1v) is 9.86. The number of hydrogen-bond donors (Lipinski definition) is 1. The zero-order valence-corrected chi connectivity index (χ0v) is 14.9. The topological polar surface area (TPSA) is 101 Å². The molecule has 0 aliphatic carbocycles. The minimum absolute atomic E-state index is 0.0276. The van der Waals surface area contributed by atoms with Gasteiger partial charge in [-0.1, -0.05) is 0 Å². The molecule has 1 aliphatic rings. The summed E-state index contributed by atoms with van der Waals surface area (Å²) in [5, 5.41) is 3.05. The molecule has 1 saturated heterocycles. The van der Waals surface area contributed by atoms with E-state index < -0.39 is 9.84 Å². The summed E-state index contributed by atoms with van der Waals surface area (Å²) in [6.45, 7) is 3.56. The van der Waals surface area contributed by atoms with Crippen molar-refractivity contribution in [3.63, 3.8) is 0 Å². The molecular formula is C15H24N4O4S. The monoisotopic (exact) mass is 356 g/mol. The summed E-state index contributed by atoms with van der Waals surface area (Å²) in [5.41, 5.74) is 0.269. The highest BCUT2D eigenvalue weighted by Gasteiger charge is 2.34. The van der Waals surface area contributed by atoms with E-state index in [9.17, 15) is 13.2 Å². The second-order valence-electron chi connectivity index (χ2n) is 5.69. The van der Waals surface area contributed by atoms with Gasteiger partial charge in [0.25, 0.3) is 5.91 Å². The summed E-state index contributed by atoms with van der Waals surface area (Å²) in [5.74, 6) is 0.283. The van der Waals surface area contributed by atoms with E-state index in [4.69, 9.17) is 4.74 Å². The highest BCUT2D eigenvalue weighted by molar-refractivity contribution is 7.91. The van der Waals surface area contributed by atoms with E-state index in [1.165, 1.54) is 6.20 Å². The van der Waals surface area contributed by atoms with Gasteiger partial charge in [0.05, 0.1) is 11.5 Å². The molecule has 0 aromatic carbocycles. The number of nitrogens with zero attached hydrogens (tertiary/aromatic N) is 3. The van der Waals surface area contributed by atoms with E-state index in [2.05, 4.69) is 15.3 Å². The van der Waals surface area contributed by atoms with E-state index in [0.717, 1.165) is 6.42 Å². The molecule has 1 aliphatic heterocycles. The minimum Gasteiger partial charge on any atom is -0.385 e. The number of aromatic nitrogens is 2. The normalized spacial score (nSPS) is 19.2. The van der Waals surface area contributed by atoms with E-state index in [1.54, 1.807) is 18.1 Å². The fourth-order valence-electron chi connectivity index (χ4n) is 2.72. The third-order valence-electron chi connectivity index (χ3n) is 3.93. The first-order chi connectivity index (χ1) is 11.5. The molecule has 134 valence electrons. The van der Waals surface area contributed by atoms with Crippen molar-refractivity contribution in [1.29, 1.82) is 0 Å². The van der Waals surface area contributed by atoms with Gasteiger partial charge in [0, 0.05) is 39.0 Å². The van der Waals surface area contributed by atoms with Gasteiger partial charge >= 0.3 is 0 Å². The third-order valence-corrected chi connectivity index (χ3v) is 5.68. The van der Waals surface area contributed by atoms with Crippen LogP contribution >= 0.6 is 0 Å². The van der Waals surface area contributed by atoms with Crippen LogP contribution in [0.3, 0.4) is 0 Å². The van der Waals surface area contributed by atoms with Crippen molar-refractivity contribution < 1.29 is 17.9 Å². The Morgan fingerprint density at radius 2 is 2.29 bits per heavy atom. The number of amides is 1. The molecule has 1 fully saturated rings. The molecule has 9 heteroatoms. The average molecular weight is 356 g/mol. The average Bonchev–Trinajstić information content (AvgIpc) is 2.92. The molecule has 1 amide bonds. The summed E-state index contributed by atoms with van der Waals surface area (Å²) >= 11 is 0. The van der Waals surface area contributed by atoms with Crippen LogP contribution in [0.5, 0.6) is 0 Å². The fourth-order valence-corrected chi connectivity index (χ4v) is 4.45. The van der Waals surface area contributed by atoms with E-state index in [1.807, 2.05) is 6.92 Å². The summed E-state index contributed by atoms with van der Waals surface area (Å²) in [6.07, 6.45) is 2.81. The van der Waals surface area contributed by atoms with Gasteiger partial charge < -0.3 is 15.0 Å². The molecule has 2 rings (SSSR count). The molecule has 0 saturated carbocycles. The first kappa shape index (κ1) is 18.6. The van der Waals surface area contributed by atoms with Crippen molar-refractivity contribution in [2.24, 2.45) is 0 Å². The largest absolute Gasteiger partial charge is 0.385 e. The minimum atomic E-state index is -3.04. The summed E-state index contributed by atoms with van der Waals surface area (Å²) in [6, 6.07) is 1.27. The molecule has 2 heterocycles. The lowest BCUT2D eigenvalue weighted by atomic mass is 10.2. The molecule has 1 unspecified atom stereocenters. The van der Waals surface area contributed by atoms with E-state index >= 15 is 0 Å². The van der Waals surface area contributed by atoms with Gasteiger partial charge in [-0.2, -0.15) is 0 Å². The van der Waals surface area contributed by atoms with Crippen LogP contribution in [0, 0.1) is 0 Å². The molecule has 0 bridgehead atoms. The van der Waals surface area contributed by atoms with Crippen molar-refractivity contribution >= 4 is 21.7 Å². The van der Waals surface area contributed by atoms with Crippen LogP contribution in [-0.4, -0.2) is 73.5 Å². The Hall–Kier alpha value is -1.74. The number of rotatable bonds is 8. The Balaban J connectivity index is 2.04. The van der Waals surface area contributed by atoms with E-state index in [0.29, 0.717) is 32.1 Å². The van der Waals surface area contributed by atoms with Crippen LogP contribution < -0.4 is 5.32 Å². The Kier molecular flexibility index (Phi) is 6.50.